The van der Waals surface area contributed by atoms with Gasteiger partial charge in [-0.2, -0.15) is 0 Å². The van der Waals surface area contributed by atoms with Gasteiger partial charge in [-0.1, -0.05) is 17.7 Å². The Labute approximate surface area is 121 Å². The molecule has 2 aromatic carbocycles. The van der Waals surface area contributed by atoms with E-state index in [1.807, 2.05) is 19.1 Å². The summed E-state index contributed by atoms with van der Waals surface area (Å²) < 4.78 is 19.5. The maximum atomic E-state index is 13.8. The van der Waals surface area contributed by atoms with Crippen molar-refractivity contribution in [3.8, 4) is 11.1 Å². The van der Waals surface area contributed by atoms with Gasteiger partial charge >= 0.3 is 0 Å². The van der Waals surface area contributed by atoms with Gasteiger partial charge in [-0.3, -0.25) is 0 Å². The van der Waals surface area contributed by atoms with Gasteiger partial charge in [0.2, 0.25) is 0 Å². The lowest BCUT2D eigenvalue weighted by molar-refractivity contribution is 0.552. The number of furan rings is 1. The summed E-state index contributed by atoms with van der Waals surface area (Å²) in [7, 11) is 0. The Hall–Kier alpha value is -1.84. The Morgan fingerprint density at radius 3 is 2.65 bits per heavy atom. The smallest absolute Gasteiger partial charge is 0.142 e. The third-order valence-corrected chi connectivity index (χ3v) is 3.55. The number of halogens is 2. The van der Waals surface area contributed by atoms with Gasteiger partial charge in [0, 0.05) is 16.0 Å². The number of rotatable bonds is 2. The van der Waals surface area contributed by atoms with E-state index in [0.717, 1.165) is 16.5 Å². The molecule has 2 N–H and O–H groups in total. The Morgan fingerprint density at radius 1 is 1.15 bits per heavy atom. The second-order valence-corrected chi connectivity index (χ2v) is 5.18. The first-order valence-corrected chi connectivity index (χ1v) is 6.65. The molecule has 0 bridgehead atoms. The van der Waals surface area contributed by atoms with Crippen molar-refractivity contribution < 1.29 is 8.81 Å². The zero-order chi connectivity index (χ0) is 14.3. The van der Waals surface area contributed by atoms with Crippen molar-refractivity contribution in [2.24, 2.45) is 5.73 Å². The standard InChI is InChI=1S/C16H13ClFNO/c1-9-4-11(17)2-3-14(9)15-7-12(18)5-10-6-13(8-19)20-16(10)15/h2-7H,8,19H2,1H3. The zero-order valence-corrected chi connectivity index (χ0v) is 11.7. The fraction of sp³-hybridized carbons (Fsp3) is 0.125. The highest BCUT2D eigenvalue weighted by molar-refractivity contribution is 6.30. The molecule has 0 aliphatic carbocycles. The molecule has 1 aromatic heterocycles. The number of benzene rings is 2. The van der Waals surface area contributed by atoms with Crippen LogP contribution >= 0.6 is 11.6 Å². The van der Waals surface area contributed by atoms with E-state index in [4.69, 9.17) is 21.8 Å². The summed E-state index contributed by atoms with van der Waals surface area (Å²) in [5.74, 6) is 0.338. The van der Waals surface area contributed by atoms with Gasteiger partial charge in [-0.05, 0) is 48.4 Å². The van der Waals surface area contributed by atoms with E-state index >= 15 is 0 Å². The van der Waals surface area contributed by atoms with E-state index in [0.29, 0.717) is 21.9 Å². The summed E-state index contributed by atoms with van der Waals surface area (Å²) in [4.78, 5) is 0. The third-order valence-electron chi connectivity index (χ3n) is 3.31. The topological polar surface area (TPSA) is 39.2 Å². The minimum Gasteiger partial charge on any atom is -0.459 e. The van der Waals surface area contributed by atoms with E-state index in [2.05, 4.69) is 0 Å². The molecule has 0 radical (unpaired) electrons. The molecule has 2 nitrogen and oxygen atoms in total. The van der Waals surface area contributed by atoms with Gasteiger partial charge < -0.3 is 10.2 Å². The van der Waals surface area contributed by atoms with Crippen molar-refractivity contribution in [2.75, 3.05) is 0 Å². The quantitative estimate of drug-likeness (QED) is 0.745. The van der Waals surface area contributed by atoms with Crippen molar-refractivity contribution in [1.29, 1.82) is 0 Å². The average molecular weight is 290 g/mol. The van der Waals surface area contributed by atoms with Gasteiger partial charge in [0.05, 0.1) is 6.54 Å². The highest BCUT2D eigenvalue weighted by atomic mass is 35.5. The SMILES string of the molecule is Cc1cc(Cl)ccc1-c1cc(F)cc2cc(CN)oc12. The molecule has 0 amide bonds. The van der Waals surface area contributed by atoms with Gasteiger partial charge in [0.1, 0.15) is 17.2 Å². The minimum absolute atomic E-state index is 0.287. The van der Waals surface area contributed by atoms with Crippen LogP contribution in [0.3, 0.4) is 0 Å². The molecule has 3 aromatic rings. The second kappa shape index (κ2) is 4.93. The molecule has 0 saturated carbocycles. The molecule has 20 heavy (non-hydrogen) atoms. The summed E-state index contributed by atoms with van der Waals surface area (Å²) in [6.07, 6.45) is 0. The van der Waals surface area contributed by atoms with Gasteiger partial charge in [0.15, 0.2) is 0 Å². The van der Waals surface area contributed by atoms with E-state index in [1.165, 1.54) is 12.1 Å². The maximum absolute atomic E-state index is 13.8. The molecule has 0 atom stereocenters. The van der Waals surface area contributed by atoms with Gasteiger partial charge in [-0.25, -0.2) is 4.39 Å². The monoisotopic (exact) mass is 289 g/mol. The van der Waals surface area contributed by atoms with Crippen LogP contribution in [0.2, 0.25) is 5.02 Å². The number of fused-ring (bicyclic) bond motifs is 1. The van der Waals surface area contributed by atoms with Crippen molar-refractivity contribution in [2.45, 2.75) is 13.5 Å². The molecule has 102 valence electrons. The summed E-state index contributed by atoms with van der Waals surface area (Å²) in [5, 5.41) is 1.37. The molecule has 1 heterocycles. The second-order valence-electron chi connectivity index (χ2n) is 4.75. The van der Waals surface area contributed by atoms with Crippen molar-refractivity contribution >= 4 is 22.6 Å². The lowest BCUT2D eigenvalue weighted by atomic mass is 9.99. The largest absolute Gasteiger partial charge is 0.459 e. The van der Waals surface area contributed by atoms with Crippen LogP contribution in [0.25, 0.3) is 22.1 Å². The van der Waals surface area contributed by atoms with Crippen LogP contribution < -0.4 is 5.73 Å². The summed E-state index contributed by atoms with van der Waals surface area (Å²) in [5.41, 5.74) is 8.82. The highest BCUT2D eigenvalue weighted by Gasteiger charge is 2.13. The highest BCUT2D eigenvalue weighted by Crippen LogP contribution is 2.34. The van der Waals surface area contributed by atoms with E-state index < -0.39 is 0 Å². The Bertz CT molecular complexity index is 795. The summed E-state index contributed by atoms with van der Waals surface area (Å²) in [6.45, 7) is 2.22. The molecule has 0 spiro atoms. The van der Waals surface area contributed by atoms with Gasteiger partial charge in [0.25, 0.3) is 0 Å². The van der Waals surface area contributed by atoms with Crippen LogP contribution in [-0.2, 0) is 6.54 Å². The molecule has 0 aliphatic heterocycles. The average Bonchev–Trinajstić information content (AvgIpc) is 2.81. The molecule has 0 aliphatic rings. The number of nitrogens with two attached hydrogens (primary N) is 1. The third kappa shape index (κ3) is 2.19. The van der Waals surface area contributed by atoms with E-state index in [1.54, 1.807) is 12.1 Å². The number of hydrogen-bond acceptors (Lipinski definition) is 2. The summed E-state index contributed by atoms with van der Waals surface area (Å²) >= 11 is 5.97. The first-order chi connectivity index (χ1) is 9.58. The molecular weight excluding hydrogens is 277 g/mol. The predicted molar refractivity (Wildman–Crippen MR) is 79.2 cm³/mol. The van der Waals surface area contributed by atoms with Crippen molar-refractivity contribution in [3.63, 3.8) is 0 Å². The Kier molecular flexibility index (Phi) is 3.24. The molecule has 4 heteroatoms. The molecule has 0 saturated heterocycles. The van der Waals surface area contributed by atoms with Crippen LogP contribution in [0.15, 0.2) is 40.8 Å². The molecule has 0 fully saturated rings. The molecule has 3 rings (SSSR count). The predicted octanol–water partition coefficient (Wildman–Crippen LogP) is 4.66. The Balaban J connectivity index is 2.31. The lowest BCUT2D eigenvalue weighted by Gasteiger charge is -2.07. The zero-order valence-electron chi connectivity index (χ0n) is 10.9. The lowest BCUT2D eigenvalue weighted by Crippen LogP contribution is -1.92. The normalized spacial score (nSPS) is 11.2. The van der Waals surface area contributed by atoms with Crippen LogP contribution in [0.1, 0.15) is 11.3 Å². The Morgan fingerprint density at radius 2 is 1.95 bits per heavy atom. The number of aryl methyl sites for hydroxylation is 1. The number of hydrogen-bond donors (Lipinski definition) is 1. The first kappa shape index (κ1) is 13.2. The molecule has 0 unspecified atom stereocenters. The van der Waals surface area contributed by atoms with Crippen LogP contribution in [0.5, 0.6) is 0 Å². The maximum Gasteiger partial charge on any atom is 0.142 e. The summed E-state index contributed by atoms with van der Waals surface area (Å²) in [6, 6.07) is 10.2. The van der Waals surface area contributed by atoms with Crippen LogP contribution in [-0.4, -0.2) is 0 Å². The molecular formula is C16H13ClFNO. The van der Waals surface area contributed by atoms with Crippen LogP contribution in [0, 0.1) is 12.7 Å². The van der Waals surface area contributed by atoms with Crippen LogP contribution in [0.4, 0.5) is 4.39 Å². The van der Waals surface area contributed by atoms with E-state index in [-0.39, 0.29) is 12.4 Å². The van der Waals surface area contributed by atoms with E-state index in [9.17, 15) is 4.39 Å². The minimum atomic E-state index is -0.300. The van der Waals surface area contributed by atoms with Crippen molar-refractivity contribution in [3.05, 3.63) is 58.6 Å². The van der Waals surface area contributed by atoms with Gasteiger partial charge in [-0.15, -0.1) is 0 Å². The fourth-order valence-electron chi connectivity index (χ4n) is 2.40. The van der Waals surface area contributed by atoms with Crippen molar-refractivity contribution in [1.82, 2.24) is 0 Å². The first-order valence-electron chi connectivity index (χ1n) is 6.27. The fourth-order valence-corrected chi connectivity index (χ4v) is 2.63.